The summed E-state index contributed by atoms with van der Waals surface area (Å²) in [7, 11) is 3.52. The molecule has 0 amide bonds. The summed E-state index contributed by atoms with van der Waals surface area (Å²) in [6.45, 7) is 15.6. The maximum absolute atomic E-state index is 14.0. The number of Topliss-reactive ketones (excluding diaryl/α,β-unsaturated/α-hetero) is 1. The molecule has 2 bridgehead atoms. The van der Waals surface area contributed by atoms with E-state index in [1.165, 1.54) is 0 Å². The van der Waals surface area contributed by atoms with Crippen LogP contribution in [-0.2, 0) is 19.0 Å². The van der Waals surface area contributed by atoms with Crippen molar-refractivity contribution >= 4 is 5.78 Å². The van der Waals surface area contributed by atoms with E-state index < -0.39 is 5.41 Å². The van der Waals surface area contributed by atoms with Gasteiger partial charge >= 0.3 is 0 Å². The van der Waals surface area contributed by atoms with Crippen molar-refractivity contribution in [3.05, 3.63) is 12.2 Å². The summed E-state index contributed by atoms with van der Waals surface area (Å²) in [5.74, 6) is 1.27. The zero-order chi connectivity index (χ0) is 21.6. The number of carbonyl (C=O) groups is 1. The first-order valence-corrected chi connectivity index (χ1v) is 11.4. The second kappa shape index (κ2) is 8.09. The van der Waals surface area contributed by atoms with E-state index in [1.807, 2.05) is 14.0 Å². The van der Waals surface area contributed by atoms with Gasteiger partial charge in [-0.15, -0.1) is 6.58 Å². The van der Waals surface area contributed by atoms with Crippen LogP contribution in [0.5, 0.6) is 0 Å². The number of carbonyl (C=O) groups excluding carboxylic acids is 1. The Morgan fingerprint density at radius 3 is 2.41 bits per heavy atom. The number of ketones is 1. The van der Waals surface area contributed by atoms with Crippen LogP contribution in [0.3, 0.4) is 0 Å². The summed E-state index contributed by atoms with van der Waals surface area (Å²) in [6.07, 6.45) is 5.96. The van der Waals surface area contributed by atoms with Crippen molar-refractivity contribution in [3.8, 4) is 0 Å². The van der Waals surface area contributed by atoms with Gasteiger partial charge in [0.05, 0.1) is 12.2 Å². The van der Waals surface area contributed by atoms with Crippen LogP contribution in [0.2, 0.25) is 0 Å². The average molecular weight is 407 g/mol. The molecule has 8 atom stereocenters. The number of methoxy groups -OCH3 is 2. The van der Waals surface area contributed by atoms with Crippen molar-refractivity contribution in [2.45, 2.75) is 85.4 Å². The number of hydrogen-bond acceptors (Lipinski definition) is 4. The van der Waals surface area contributed by atoms with Gasteiger partial charge < -0.3 is 14.2 Å². The molecule has 0 radical (unpaired) electrons. The molecule has 0 aromatic rings. The number of hydrogen-bond donors (Lipinski definition) is 0. The minimum Gasteiger partial charge on any atom is -0.381 e. The fourth-order valence-corrected chi connectivity index (χ4v) is 7.71. The van der Waals surface area contributed by atoms with Gasteiger partial charge in [0.2, 0.25) is 0 Å². The number of rotatable bonds is 6. The predicted molar refractivity (Wildman–Crippen MR) is 116 cm³/mol. The zero-order valence-corrected chi connectivity index (χ0v) is 19.7. The maximum atomic E-state index is 14.0. The fourth-order valence-electron chi connectivity index (χ4n) is 7.71. The number of ether oxygens (including phenoxy) is 3. The van der Waals surface area contributed by atoms with Gasteiger partial charge in [0.25, 0.3) is 0 Å². The third-order valence-electron chi connectivity index (χ3n) is 9.22. The monoisotopic (exact) mass is 406 g/mol. The minimum absolute atomic E-state index is 0.00442. The first-order chi connectivity index (χ1) is 13.6. The van der Waals surface area contributed by atoms with Crippen LogP contribution in [-0.4, -0.2) is 39.0 Å². The van der Waals surface area contributed by atoms with Gasteiger partial charge in [0.1, 0.15) is 12.6 Å². The summed E-state index contributed by atoms with van der Waals surface area (Å²) in [5, 5.41) is 0. The molecule has 0 spiro atoms. The van der Waals surface area contributed by atoms with Crippen LogP contribution in [0, 0.1) is 34.0 Å². The lowest BCUT2D eigenvalue weighted by Gasteiger charge is -2.62. The topological polar surface area (TPSA) is 44.8 Å². The molecule has 0 heterocycles. The first-order valence-electron chi connectivity index (χ1n) is 11.4. The van der Waals surface area contributed by atoms with Crippen LogP contribution in [0.1, 0.15) is 73.1 Å². The molecule has 0 aromatic carbocycles. The van der Waals surface area contributed by atoms with E-state index in [-0.39, 0.29) is 35.7 Å². The van der Waals surface area contributed by atoms with Crippen LogP contribution >= 0.6 is 0 Å². The van der Waals surface area contributed by atoms with Crippen molar-refractivity contribution in [2.75, 3.05) is 21.0 Å². The Hall–Kier alpha value is -0.710. The van der Waals surface area contributed by atoms with Crippen molar-refractivity contribution in [3.63, 3.8) is 0 Å². The van der Waals surface area contributed by atoms with E-state index in [1.54, 1.807) is 7.11 Å². The molecule has 29 heavy (non-hydrogen) atoms. The molecule has 3 rings (SSSR count). The molecule has 166 valence electrons. The average Bonchev–Trinajstić information content (AvgIpc) is 3.06. The molecule has 3 aliphatic rings. The Morgan fingerprint density at radius 2 is 1.83 bits per heavy atom. The highest BCUT2D eigenvalue weighted by Crippen LogP contribution is 2.68. The van der Waals surface area contributed by atoms with Crippen molar-refractivity contribution in [2.24, 2.45) is 34.0 Å². The Bertz CT molecular complexity index is 645. The molecule has 3 saturated carbocycles. The van der Waals surface area contributed by atoms with E-state index in [9.17, 15) is 4.79 Å². The molecule has 0 aromatic heterocycles. The lowest BCUT2D eigenvalue weighted by molar-refractivity contribution is -0.219. The summed E-state index contributed by atoms with van der Waals surface area (Å²) in [6, 6.07) is 0. The van der Waals surface area contributed by atoms with Crippen molar-refractivity contribution in [1.29, 1.82) is 0 Å². The van der Waals surface area contributed by atoms with E-state index in [2.05, 4.69) is 34.3 Å². The molecule has 4 heteroatoms. The molecule has 3 fully saturated rings. The molecule has 4 nitrogen and oxygen atoms in total. The van der Waals surface area contributed by atoms with E-state index >= 15 is 0 Å². The van der Waals surface area contributed by atoms with Gasteiger partial charge in [-0.05, 0) is 62.7 Å². The van der Waals surface area contributed by atoms with E-state index in [4.69, 9.17) is 14.2 Å². The van der Waals surface area contributed by atoms with Crippen LogP contribution < -0.4 is 0 Å². The highest BCUT2D eigenvalue weighted by molar-refractivity contribution is 5.88. The Balaban J connectivity index is 2.18. The molecular weight excluding hydrogens is 364 g/mol. The molecule has 0 saturated heterocycles. The van der Waals surface area contributed by atoms with Gasteiger partial charge in [-0.3, -0.25) is 4.79 Å². The van der Waals surface area contributed by atoms with Gasteiger partial charge in [0.15, 0.2) is 0 Å². The van der Waals surface area contributed by atoms with Crippen molar-refractivity contribution < 1.29 is 19.0 Å². The molecule has 3 unspecified atom stereocenters. The minimum atomic E-state index is -0.453. The van der Waals surface area contributed by atoms with Gasteiger partial charge in [-0.1, -0.05) is 33.3 Å². The smallest absolute Gasteiger partial charge is 0.146 e. The second-order valence-corrected chi connectivity index (χ2v) is 10.9. The van der Waals surface area contributed by atoms with Gasteiger partial charge in [-0.25, -0.2) is 0 Å². The molecule has 0 aliphatic heterocycles. The Morgan fingerprint density at radius 1 is 1.17 bits per heavy atom. The summed E-state index contributed by atoms with van der Waals surface area (Å²) in [5.41, 5.74) is 0.562. The quantitative estimate of drug-likeness (QED) is 0.437. The summed E-state index contributed by atoms with van der Waals surface area (Å²) >= 11 is 0. The fraction of sp³-hybridized carbons (Fsp3) is 0.880. The van der Waals surface area contributed by atoms with Crippen LogP contribution in [0.15, 0.2) is 12.2 Å². The molecule has 3 aliphatic carbocycles. The van der Waals surface area contributed by atoms with E-state index in [0.717, 1.165) is 44.1 Å². The van der Waals surface area contributed by atoms with E-state index in [0.29, 0.717) is 17.6 Å². The molecule has 0 N–H and O–H groups in total. The van der Waals surface area contributed by atoms with Gasteiger partial charge in [0, 0.05) is 31.0 Å². The standard InChI is InChI=1S/C25H42O4/c1-16(2)13-23(5)14-20(29-15-27-7)24(6)17(3)9-11-25(18(4)22(23)26)12-10-19(28-8)21(24)25/h17-21H,1,9-15H2,2-8H3/t17-,18+,19?,20-,21?,23-,24+,25?/m1/s1. The summed E-state index contributed by atoms with van der Waals surface area (Å²) < 4.78 is 17.8. The zero-order valence-electron chi connectivity index (χ0n) is 19.7. The lowest BCUT2D eigenvalue weighted by atomic mass is 9.43. The normalized spacial score (nSPS) is 47.4. The maximum Gasteiger partial charge on any atom is 0.146 e. The third-order valence-corrected chi connectivity index (χ3v) is 9.22. The SMILES string of the molecule is C=C(C)C[C@]1(C)C[C@@H](OCOC)[C@@]2(C)C3C(OC)CCC3(CC[C@H]2C)[C@@H](C)C1=O. The second-order valence-electron chi connectivity index (χ2n) is 10.9. The van der Waals surface area contributed by atoms with Crippen LogP contribution in [0.4, 0.5) is 0 Å². The van der Waals surface area contributed by atoms with Crippen LogP contribution in [0.25, 0.3) is 0 Å². The lowest BCUT2D eigenvalue weighted by Crippen LogP contribution is -2.63. The predicted octanol–water partition coefficient (Wildman–Crippen LogP) is 5.40. The first kappa shape index (κ1) is 23.0. The number of allylic oxidation sites excluding steroid dienone is 1. The van der Waals surface area contributed by atoms with Gasteiger partial charge in [-0.2, -0.15) is 0 Å². The Kier molecular flexibility index (Phi) is 6.40. The highest BCUT2D eigenvalue weighted by atomic mass is 16.7. The third kappa shape index (κ3) is 3.43. The Labute approximate surface area is 177 Å². The summed E-state index contributed by atoms with van der Waals surface area (Å²) in [4.78, 5) is 14.0. The molecular formula is C25H42O4. The highest BCUT2D eigenvalue weighted by Gasteiger charge is 2.68. The van der Waals surface area contributed by atoms with Crippen molar-refractivity contribution in [1.82, 2.24) is 0 Å². The largest absolute Gasteiger partial charge is 0.381 e.